The number of aliphatic hydroxyl groups excluding tert-OH is 1. The average Bonchev–Trinajstić information content (AvgIpc) is 3.37. The predicted molar refractivity (Wildman–Crippen MR) is 141 cm³/mol. The lowest BCUT2D eigenvalue weighted by molar-refractivity contribution is -0.139. The molecule has 0 radical (unpaired) electrons. The molecular formula is C30H39N3O3. The van der Waals surface area contributed by atoms with Crippen molar-refractivity contribution in [2.24, 2.45) is 11.8 Å². The maximum atomic E-state index is 14.1. The molecule has 2 amide bonds. The molecule has 0 aromatic heterocycles. The molecule has 5 atom stereocenters. The van der Waals surface area contributed by atoms with Crippen molar-refractivity contribution in [3.05, 3.63) is 65.7 Å². The number of likely N-dealkylation sites (tertiary alicyclic amines) is 1. The summed E-state index contributed by atoms with van der Waals surface area (Å²) in [6.07, 6.45) is 7.57. The first-order valence-electron chi connectivity index (χ1n) is 13.8. The number of nitrogens with zero attached hydrogens (tertiary/aromatic N) is 1. The molecule has 0 spiro atoms. The van der Waals surface area contributed by atoms with Gasteiger partial charge in [0.1, 0.15) is 0 Å². The number of unbranched alkanes of at least 4 members (excludes halogenated alkanes) is 2. The Bertz CT molecular complexity index is 1040. The molecule has 6 heteroatoms. The van der Waals surface area contributed by atoms with Crippen LogP contribution in [0, 0.1) is 11.8 Å². The van der Waals surface area contributed by atoms with Gasteiger partial charge in [-0.25, -0.2) is 0 Å². The number of aliphatic hydroxyl groups is 1. The van der Waals surface area contributed by atoms with Gasteiger partial charge >= 0.3 is 0 Å². The molecule has 36 heavy (non-hydrogen) atoms. The Hall–Kier alpha value is -2.86. The summed E-state index contributed by atoms with van der Waals surface area (Å²) in [4.78, 5) is 28.9. The van der Waals surface area contributed by atoms with E-state index < -0.39 is 0 Å². The van der Waals surface area contributed by atoms with Gasteiger partial charge in [-0.05, 0) is 49.3 Å². The van der Waals surface area contributed by atoms with E-state index >= 15 is 0 Å². The van der Waals surface area contributed by atoms with E-state index in [1.165, 1.54) is 11.1 Å². The van der Waals surface area contributed by atoms with Crippen LogP contribution in [0.15, 0.2) is 54.6 Å². The summed E-state index contributed by atoms with van der Waals surface area (Å²) >= 11 is 0. The maximum Gasteiger partial charge on any atom is 0.228 e. The Morgan fingerprint density at radius 2 is 1.72 bits per heavy atom. The first-order valence-corrected chi connectivity index (χ1v) is 13.8. The fourth-order valence-electron chi connectivity index (χ4n) is 6.63. The number of nitrogens with one attached hydrogen (secondary N) is 2. The zero-order chi connectivity index (χ0) is 24.9. The summed E-state index contributed by atoms with van der Waals surface area (Å²) < 4.78 is 0. The van der Waals surface area contributed by atoms with Gasteiger partial charge in [-0.3, -0.25) is 9.59 Å². The summed E-state index contributed by atoms with van der Waals surface area (Å²) in [7, 11) is 0. The molecule has 2 heterocycles. The highest BCUT2D eigenvalue weighted by atomic mass is 16.3. The third-order valence-electron chi connectivity index (χ3n) is 8.40. The van der Waals surface area contributed by atoms with Crippen molar-refractivity contribution in [3.63, 3.8) is 0 Å². The van der Waals surface area contributed by atoms with Gasteiger partial charge in [-0.1, -0.05) is 67.8 Å². The Morgan fingerprint density at radius 3 is 2.56 bits per heavy atom. The summed E-state index contributed by atoms with van der Waals surface area (Å²) in [5, 5.41) is 16.0. The minimum Gasteiger partial charge on any atom is -0.396 e. The van der Waals surface area contributed by atoms with Gasteiger partial charge in [-0.15, -0.1) is 0 Å². The molecule has 192 valence electrons. The van der Waals surface area contributed by atoms with Crippen LogP contribution in [0.1, 0.15) is 81.0 Å². The second-order valence-electron chi connectivity index (χ2n) is 10.6. The SMILES string of the molecule is O=C(CCCCCO)N[C@@H]1CCCC[C@@H]1C(=O)N1CC[C@@H]2[C@H](c3ccccc3)Nc3ccccc3[C@@H]21. The summed E-state index contributed by atoms with van der Waals surface area (Å²) in [5.74, 6) is 0.398. The number of rotatable bonds is 8. The number of amides is 2. The first kappa shape index (κ1) is 24.8. The van der Waals surface area contributed by atoms with E-state index in [0.29, 0.717) is 12.3 Å². The number of carbonyl (C=O) groups excluding carboxylic acids is 2. The second kappa shape index (κ2) is 11.5. The monoisotopic (exact) mass is 489 g/mol. The minimum absolute atomic E-state index is 0.0355. The fourth-order valence-corrected chi connectivity index (χ4v) is 6.63. The van der Waals surface area contributed by atoms with Crippen molar-refractivity contribution >= 4 is 17.5 Å². The average molecular weight is 490 g/mol. The highest BCUT2D eigenvalue weighted by Crippen LogP contribution is 2.51. The number of fused-ring (bicyclic) bond motifs is 3. The second-order valence-corrected chi connectivity index (χ2v) is 10.6. The van der Waals surface area contributed by atoms with Crippen LogP contribution in [-0.4, -0.2) is 41.0 Å². The largest absolute Gasteiger partial charge is 0.396 e. The quantitative estimate of drug-likeness (QED) is 0.457. The van der Waals surface area contributed by atoms with Crippen molar-refractivity contribution in [1.82, 2.24) is 10.2 Å². The van der Waals surface area contributed by atoms with Crippen LogP contribution >= 0.6 is 0 Å². The Labute approximate surface area is 214 Å². The number of para-hydroxylation sites is 1. The van der Waals surface area contributed by atoms with Gasteiger partial charge in [0.15, 0.2) is 0 Å². The molecule has 5 rings (SSSR count). The number of hydrogen-bond donors (Lipinski definition) is 3. The van der Waals surface area contributed by atoms with Gasteiger partial charge < -0.3 is 20.6 Å². The molecule has 2 fully saturated rings. The molecule has 2 aromatic rings. The first-order chi connectivity index (χ1) is 17.7. The van der Waals surface area contributed by atoms with Gasteiger partial charge in [0.05, 0.1) is 18.0 Å². The van der Waals surface area contributed by atoms with Gasteiger partial charge in [0.2, 0.25) is 11.8 Å². The normalized spacial score (nSPS) is 27.0. The lowest BCUT2D eigenvalue weighted by Gasteiger charge is -2.42. The highest BCUT2D eigenvalue weighted by Gasteiger charge is 2.48. The molecule has 1 saturated heterocycles. The van der Waals surface area contributed by atoms with E-state index in [4.69, 9.17) is 5.11 Å². The summed E-state index contributed by atoms with van der Waals surface area (Å²) in [5.41, 5.74) is 3.59. The van der Waals surface area contributed by atoms with Crippen molar-refractivity contribution in [3.8, 4) is 0 Å². The molecular weight excluding hydrogens is 450 g/mol. The van der Waals surface area contributed by atoms with E-state index in [1.807, 2.05) is 6.07 Å². The molecule has 1 saturated carbocycles. The van der Waals surface area contributed by atoms with Crippen LogP contribution in [0.5, 0.6) is 0 Å². The van der Waals surface area contributed by atoms with Gasteiger partial charge in [-0.2, -0.15) is 0 Å². The van der Waals surface area contributed by atoms with Crippen molar-refractivity contribution in [2.75, 3.05) is 18.5 Å². The van der Waals surface area contributed by atoms with Gasteiger partial charge in [0.25, 0.3) is 0 Å². The van der Waals surface area contributed by atoms with E-state index in [0.717, 1.165) is 63.6 Å². The molecule has 1 aliphatic carbocycles. The van der Waals surface area contributed by atoms with E-state index in [9.17, 15) is 9.59 Å². The van der Waals surface area contributed by atoms with Crippen LogP contribution in [-0.2, 0) is 9.59 Å². The van der Waals surface area contributed by atoms with Crippen LogP contribution < -0.4 is 10.6 Å². The molecule has 3 aliphatic rings. The lowest BCUT2D eigenvalue weighted by Crippen LogP contribution is -2.50. The number of benzene rings is 2. The standard InChI is InChI=1S/C30H39N3O3/c34-20-10-2-5-17-27(35)31-26-16-9-7-14-23(26)30(36)33-19-18-24-28(21-11-3-1-4-12-21)32-25-15-8-6-13-22(25)29(24)33/h1,3-4,6,8,11-13,15,23-24,26,28-29,32,34H,2,5,7,9-10,14,16-20H2,(H,31,35)/t23-,24+,26+,28-,29-/m0/s1. The van der Waals surface area contributed by atoms with E-state index in [2.05, 4.69) is 64.1 Å². The van der Waals surface area contributed by atoms with Crippen LogP contribution in [0.25, 0.3) is 0 Å². The smallest absolute Gasteiger partial charge is 0.228 e. The zero-order valence-corrected chi connectivity index (χ0v) is 21.1. The predicted octanol–water partition coefficient (Wildman–Crippen LogP) is 4.97. The van der Waals surface area contributed by atoms with E-state index in [-0.39, 0.29) is 42.5 Å². The maximum absolute atomic E-state index is 14.1. The molecule has 0 bridgehead atoms. The Kier molecular flexibility index (Phi) is 7.90. The highest BCUT2D eigenvalue weighted by molar-refractivity contribution is 5.83. The lowest BCUT2D eigenvalue weighted by atomic mass is 9.79. The molecule has 6 nitrogen and oxygen atoms in total. The molecule has 2 aliphatic heterocycles. The summed E-state index contributed by atoms with van der Waals surface area (Å²) in [6.45, 7) is 0.925. The third-order valence-corrected chi connectivity index (χ3v) is 8.40. The Balaban J connectivity index is 1.35. The van der Waals surface area contributed by atoms with Crippen molar-refractivity contribution in [1.29, 1.82) is 0 Å². The van der Waals surface area contributed by atoms with Crippen LogP contribution in [0.4, 0.5) is 5.69 Å². The molecule has 0 unspecified atom stereocenters. The zero-order valence-electron chi connectivity index (χ0n) is 21.1. The number of hydrogen-bond acceptors (Lipinski definition) is 4. The topological polar surface area (TPSA) is 81.7 Å². The van der Waals surface area contributed by atoms with Crippen molar-refractivity contribution < 1.29 is 14.7 Å². The minimum atomic E-state index is -0.156. The third kappa shape index (κ3) is 5.15. The summed E-state index contributed by atoms with van der Waals surface area (Å²) in [6, 6.07) is 19.1. The van der Waals surface area contributed by atoms with Crippen molar-refractivity contribution in [2.45, 2.75) is 75.9 Å². The number of anilines is 1. The van der Waals surface area contributed by atoms with E-state index in [1.54, 1.807) is 0 Å². The van der Waals surface area contributed by atoms with Crippen LogP contribution in [0.2, 0.25) is 0 Å². The molecule has 3 N–H and O–H groups in total. The number of carbonyl (C=O) groups is 2. The Morgan fingerprint density at radius 1 is 0.944 bits per heavy atom. The molecule has 2 aromatic carbocycles. The van der Waals surface area contributed by atoms with Crippen LogP contribution in [0.3, 0.4) is 0 Å². The van der Waals surface area contributed by atoms with Gasteiger partial charge in [0, 0.05) is 37.2 Å². The fraction of sp³-hybridized carbons (Fsp3) is 0.533.